The summed E-state index contributed by atoms with van der Waals surface area (Å²) in [5, 5.41) is 13.7. The van der Waals surface area contributed by atoms with E-state index in [-0.39, 0.29) is 5.75 Å². The zero-order chi connectivity index (χ0) is 19.2. The van der Waals surface area contributed by atoms with Crippen LogP contribution in [0.15, 0.2) is 30.3 Å². The number of ether oxygens (including phenoxy) is 3. The Kier molecular flexibility index (Phi) is 6.12. The minimum Gasteiger partial charge on any atom is -0.504 e. The van der Waals surface area contributed by atoms with Crippen molar-refractivity contribution in [3.63, 3.8) is 0 Å². The molecule has 0 amide bonds. The van der Waals surface area contributed by atoms with E-state index in [4.69, 9.17) is 14.2 Å². The molecule has 27 heavy (non-hydrogen) atoms. The molecule has 0 atom stereocenters. The molecule has 0 saturated carbocycles. The summed E-state index contributed by atoms with van der Waals surface area (Å²) in [6.45, 7) is 8.36. The van der Waals surface area contributed by atoms with Crippen LogP contribution in [-0.2, 0) is 6.42 Å². The van der Waals surface area contributed by atoms with Gasteiger partial charge in [0.1, 0.15) is 0 Å². The minimum atomic E-state index is 0.159. The van der Waals surface area contributed by atoms with Gasteiger partial charge in [-0.3, -0.25) is 0 Å². The highest BCUT2D eigenvalue weighted by molar-refractivity contribution is 5.84. The Balaban J connectivity index is 1.97. The van der Waals surface area contributed by atoms with Crippen molar-refractivity contribution in [2.45, 2.75) is 27.2 Å². The van der Waals surface area contributed by atoms with Crippen molar-refractivity contribution in [2.75, 3.05) is 26.4 Å². The van der Waals surface area contributed by atoms with Crippen LogP contribution in [0.5, 0.6) is 23.0 Å². The smallest absolute Gasteiger partial charge is 0.161 e. The molecule has 2 aromatic carbocycles. The fourth-order valence-corrected chi connectivity index (χ4v) is 3.22. The molecule has 0 bridgehead atoms. The monoisotopic (exact) mass is 369 g/mol. The average molecular weight is 369 g/mol. The molecule has 2 N–H and O–H groups in total. The number of fused-ring (bicyclic) bond motifs is 1. The Morgan fingerprint density at radius 3 is 2.37 bits per heavy atom. The van der Waals surface area contributed by atoms with Gasteiger partial charge < -0.3 is 24.6 Å². The van der Waals surface area contributed by atoms with E-state index >= 15 is 0 Å². The molecule has 0 unspecified atom stereocenters. The van der Waals surface area contributed by atoms with Gasteiger partial charge in [0, 0.05) is 17.8 Å². The van der Waals surface area contributed by atoms with Crippen LogP contribution < -0.4 is 19.5 Å². The molecule has 0 saturated heterocycles. The van der Waals surface area contributed by atoms with Crippen molar-refractivity contribution in [3.8, 4) is 23.0 Å². The van der Waals surface area contributed by atoms with E-state index in [1.54, 1.807) is 6.07 Å². The van der Waals surface area contributed by atoms with E-state index < -0.39 is 0 Å². The van der Waals surface area contributed by atoms with Crippen LogP contribution in [0.2, 0.25) is 0 Å². The van der Waals surface area contributed by atoms with Gasteiger partial charge in [-0.1, -0.05) is 6.07 Å². The van der Waals surface area contributed by atoms with E-state index in [0.29, 0.717) is 25.6 Å². The molecule has 2 aromatic rings. The van der Waals surface area contributed by atoms with Gasteiger partial charge in [-0.05, 0) is 68.7 Å². The molecular formula is C22H27NO4. The Labute approximate surface area is 160 Å². The standard InChI is InChI=1S/C22H27NO4/c1-4-25-20-8-7-15(12-22(20)27-6-3)11-18-17-14-19(24)21(26-5-2)13-16(17)9-10-23-18/h7-8,11-14,23-24H,4-6,9-10H2,1-3H3/b18-11-. The second kappa shape index (κ2) is 8.71. The second-order valence-corrected chi connectivity index (χ2v) is 6.22. The van der Waals surface area contributed by atoms with E-state index in [1.165, 1.54) is 0 Å². The van der Waals surface area contributed by atoms with E-state index in [2.05, 4.69) is 11.4 Å². The zero-order valence-corrected chi connectivity index (χ0v) is 16.2. The van der Waals surface area contributed by atoms with Gasteiger partial charge in [-0.2, -0.15) is 0 Å². The number of phenolic OH excluding ortho intramolecular Hbond substituents is 1. The molecule has 144 valence electrons. The van der Waals surface area contributed by atoms with Gasteiger partial charge in [0.15, 0.2) is 23.0 Å². The molecule has 0 radical (unpaired) electrons. The van der Waals surface area contributed by atoms with Crippen molar-refractivity contribution in [1.82, 2.24) is 5.32 Å². The summed E-state index contributed by atoms with van der Waals surface area (Å²) >= 11 is 0. The van der Waals surface area contributed by atoms with Crippen LogP contribution in [0.3, 0.4) is 0 Å². The topological polar surface area (TPSA) is 60.0 Å². The molecule has 1 aliphatic heterocycles. The first-order valence-corrected chi connectivity index (χ1v) is 9.50. The number of nitrogens with one attached hydrogen (secondary N) is 1. The summed E-state index contributed by atoms with van der Waals surface area (Å²) in [6.07, 6.45) is 2.95. The molecule has 0 spiro atoms. The maximum Gasteiger partial charge on any atom is 0.161 e. The fourth-order valence-electron chi connectivity index (χ4n) is 3.22. The molecule has 1 aliphatic rings. The SMILES string of the molecule is CCOc1cc2c(cc1O)/C(=C/c1ccc(OCC)c(OCC)c1)NCC2. The van der Waals surface area contributed by atoms with Crippen molar-refractivity contribution in [2.24, 2.45) is 0 Å². The Bertz CT molecular complexity index is 829. The molecule has 0 aromatic heterocycles. The summed E-state index contributed by atoms with van der Waals surface area (Å²) < 4.78 is 16.9. The van der Waals surface area contributed by atoms with Crippen LogP contribution in [0.1, 0.15) is 37.5 Å². The molecular weight excluding hydrogens is 342 g/mol. The normalized spacial score (nSPS) is 14.4. The first-order valence-electron chi connectivity index (χ1n) is 9.50. The number of phenols is 1. The fraction of sp³-hybridized carbons (Fsp3) is 0.364. The third kappa shape index (κ3) is 4.30. The van der Waals surface area contributed by atoms with Crippen LogP contribution in [-0.4, -0.2) is 31.5 Å². The van der Waals surface area contributed by atoms with Crippen LogP contribution in [0, 0.1) is 0 Å². The van der Waals surface area contributed by atoms with Gasteiger partial charge in [0.25, 0.3) is 0 Å². The van der Waals surface area contributed by atoms with E-state index in [1.807, 2.05) is 45.0 Å². The lowest BCUT2D eigenvalue weighted by Gasteiger charge is -2.23. The van der Waals surface area contributed by atoms with Gasteiger partial charge in [-0.15, -0.1) is 0 Å². The van der Waals surface area contributed by atoms with Crippen LogP contribution >= 0.6 is 0 Å². The Morgan fingerprint density at radius 1 is 0.926 bits per heavy atom. The lowest BCUT2D eigenvalue weighted by atomic mass is 9.96. The van der Waals surface area contributed by atoms with Crippen molar-refractivity contribution in [1.29, 1.82) is 0 Å². The first kappa shape index (κ1) is 19.0. The molecule has 1 heterocycles. The maximum absolute atomic E-state index is 10.3. The molecule has 5 nitrogen and oxygen atoms in total. The summed E-state index contributed by atoms with van der Waals surface area (Å²) in [7, 11) is 0. The average Bonchev–Trinajstić information content (AvgIpc) is 2.66. The van der Waals surface area contributed by atoms with Crippen molar-refractivity contribution >= 4 is 11.8 Å². The predicted molar refractivity (Wildman–Crippen MR) is 108 cm³/mol. The van der Waals surface area contributed by atoms with E-state index in [0.717, 1.165) is 46.9 Å². The molecule has 0 aliphatic carbocycles. The summed E-state index contributed by atoms with van der Waals surface area (Å²) in [6, 6.07) is 9.63. The number of benzene rings is 2. The van der Waals surface area contributed by atoms with Gasteiger partial charge in [-0.25, -0.2) is 0 Å². The third-order valence-electron chi connectivity index (χ3n) is 4.36. The number of rotatable bonds is 7. The Morgan fingerprint density at radius 2 is 1.63 bits per heavy atom. The first-order chi connectivity index (χ1) is 13.2. The van der Waals surface area contributed by atoms with Gasteiger partial charge in [0.05, 0.1) is 19.8 Å². The van der Waals surface area contributed by atoms with Gasteiger partial charge in [0.2, 0.25) is 0 Å². The lowest BCUT2D eigenvalue weighted by molar-refractivity contribution is 0.287. The third-order valence-corrected chi connectivity index (χ3v) is 4.36. The van der Waals surface area contributed by atoms with E-state index in [9.17, 15) is 5.11 Å². The predicted octanol–water partition coefficient (Wildman–Crippen LogP) is 4.23. The highest BCUT2D eigenvalue weighted by Gasteiger charge is 2.18. The number of hydrogen-bond donors (Lipinski definition) is 2. The molecule has 0 fully saturated rings. The summed E-state index contributed by atoms with van der Waals surface area (Å²) in [5.74, 6) is 2.18. The largest absolute Gasteiger partial charge is 0.504 e. The Hall–Kier alpha value is -2.82. The van der Waals surface area contributed by atoms with Crippen molar-refractivity contribution in [3.05, 3.63) is 47.0 Å². The maximum atomic E-state index is 10.3. The van der Waals surface area contributed by atoms with Crippen LogP contribution in [0.25, 0.3) is 11.8 Å². The molecule has 3 rings (SSSR count). The minimum absolute atomic E-state index is 0.159. The number of hydrogen-bond acceptors (Lipinski definition) is 5. The number of aromatic hydroxyl groups is 1. The summed E-state index contributed by atoms with van der Waals surface area (Å²) in [5.41, 5.74) is 4.14. The van der Waals surface area contributed by atoms with Crippen molar-refractivity contribution < 1.29 is 19.3 Å². The zero-order valence-electron chi connectivity index (χ0n) is 16.2. The second-order valence-electron chi connectivity index (χ2n) is 6.22. The highest BCUT2D eigenvalue weighted by Crippen LogP contribution is 2.36. The quantitative estimate of drug-likeness (QED) is 0.765. The molecule has 5 heteroatoms. The summed E-state index contributed by atoms with van der Waals surface area (Å²) in [4.78, 5) is 0. The highest BCUT2D eigenvalue weighted by atomic mass is 16.5. The van der Waals surface area contributed by atoms with Crippen LogP contribution in [0.4, 0.5) is 0 Å². The van der Waals surface area contributed by atoms with Gasteiger partial charge >= 0.3 is 0 Å². The lowest BCUT2D eigenvalue weighted by Crippen LogP contribution is -2.22.